The summed E-state index contributed by atoms with van der Waals surface area (Å²) in [7, 11) is 3.28. The number of methoxy groups -OCH3 is 1. The smallest absolute Gasteiger partial charge is 0.317 e. The van der Waals surface area contributed by atoms with Crippen LogP contribution < -0.4 is 5.32 Å². The van der Waals surface area contributed by atoms with Crippen molar-refractivity contribution in [3.05, 3.63) is 0 Å². The minimum Gasteiger partial charge on any atom is -0.481 e. The Bertz CT molecular complexity index is 318. The molecule has 1 unspecified atom stereocenters. The number of ether oxygens (including phenoxy) is 1. The zero-order chi connectivity index (χ0) is 15.8. The van der Waals surface area contributed by atoms with Crippen LogP contribution in [0.1, 0.15) is 33.6 Å². The van der Waals surface area contributed by atoms with Crippen LogP contribution in [0, 0.1) is 11.3 Å². The molecule has 0 saturated carbocycles. The van der Waals surface area contributed by atoms with Gasteiger partial charge in [0.25, 0.3) is 0 Å². The molecular weight excluding hydrogens is 260 g/mol. The van der Waals surface area contributed by atoms with Crippen LogP contribution in [0.15, 0.2) is 0 Å². The highest BCUT2D eigenvalue weighted by molar-refractivity contribution is 5.75. The van der Waals surface area contributed by atoms with Crippen molar-refractivity contribution >= 4 is 12.0 Å². The average molecular weight is 288 g/mol. The van der Waals surface area contributed by atoms with Gasteiger partial charge in [0, 0.05) is 27.2 Å². The van der Waals surface area contributed by atoms with E-state index >= 15 is 0 Å². The Morgan fingerprint density at radius 1 is 1.40 bits per heavy atom. The molecule has 0 aliphatic heterocycles. The molecule has 0 spiro atoms. The van der Waals surface area contributed by atoms with E-state index in [9.17, 15) is 9.59 Å². The highest BCUT2D eigenvalue weighted by atomic mass is 16.5. The molecule has 0 aliphatic carbocycles. The molecule has 0 heterocycles. The van der Waals surface area contributed by atoms with Crippen LogP contribution in [0.25, 0.3) is 0 Å². The van der Waals surface area contributed by atoms with Crippen molar-refractivity contribution < 1.29 is 19.4 Å². The third-order valence-electron chi connectivity index (χ3n) is 3.16. The van der Waals surface area contributed by atoms with E-state index in [4.69, 9.17) is 9.84 Å². The molecule has 0 aliphatic rings. The normalized spacial score (nSPS) is 12.8. The standard InChI is InChI=1S/C14H28N2O4/c1-11(12(17)18)9-16(4)13(19)15-8-6-7-14(2,3)10-20-5/h11H,6-10H2,1-5H3,(H,15,19)(H,17,18). The van der Waals surface area contributed by atoms with Gasteiger partial charge in [-0.2, -0.15) is 0 Å². The van der Waals surface area contributed by atoms with Gasteiger partial charge in [0.05, 0.1) is 12.5 Å². The first-order valence-corrected chi connectivity index (χ1v) is 6.90. The zero-order valence-corrected chi connectivity index (χ0v) is 13.2. The molecule has 20 heavy (non-hydrogen) atoms. The van der Waals surface area contributed by atoms with Gasteiger partial charge < -0.3 is 20.1 Å². The molecular formula is C14H28N2O4. The summed E-state index contributed by atoms with van der Waals surface area (Å²) in [6, 6.07) is -0.234. The van der Waals surface area contributed by atoms with Crippen LogP contribution in [0.4, 0.5) is 4.79 Å². The van der Waals surface area contributed by atoms with Crippen molar-refractivity contribution in [3.8, 4) is 0 Å². The number of nitrogens with zero attached hydrogens (tertiary/aromatic N) is 1. The highest BCUT2D eigenvalue weighted by Crippen LogP contribution is 2.21. The number of aliphatic carboxylic acids is 1. The number of urea groups is 1. The number of carbonyl (C=O) groups excluding carboxylic acids is 1. The third-order valence-corrected chi connectivity index (χ3v) is 3.16. The lowest BCUT2D eigenvalue weighted by atomic mass is 9.89. The Morgan fingerprint density at radius 3 is 2.50 bits per heavy atom. The number of carboxylic acids is 1. The van der Waals surface area contributed by atoms with E-state index in [0.717, 1.165) is 12.8 Å². The van der Waals surface area contributed by atoms with E-state index in [1.165, 1.54) is 4.90 Å². The van der Waals surface area contributed by atoms with Crippen LogP contribution >= 0.6 is 0 Å². The lowest BCUT2D eigenvalue weighted by molar-refractivity contribution is -0.141. The molecule has 0 rings (SSSR count). The number of amides is 2. The van der Waals surface area contributed by atoms with Gasteiger partial charge in [0.1, 0.15) is 0 Å². The van der Waals surface area contributed by atoms with E-state index in [1.807, 2.05) is 0 Å². The van der Waals surface area contributed by atoms with Crippen LogP contribution in [-0.4, -0.2) is 55.9 Å². The van der Waals surface area contributed by atoms with E-state index in [2.05, 4.69) is 19.2 Å². The minimum absolute atomic E-state index is 0.100. The van der Waals surface area contributed by atoms with Gasteiger partial charge in [-0.25, -0.2) is 4.79 Å². The van der Waals surface area contributed by atoms with Crippen molar-refractivity contribution in [1.82, 2.24) is 10.2 Å². The first-order valence-electron chi connectivity index (χ1n) is 6.90. The number of rotatable bonds is 9. The summed E-state index contributed by atoms with van der Waals surface area (Å²) < 4.78 is 5.14. The number of nitrogens with one attached hydrogen (secondary N) is 1. The van der Waals surface area contributed by atoms with Crippen LogP contribution in [0.5, 0.6) is 0 Å². The van der Waals surface area contributed by atoms with Crippen molar-refractivity contribution in [2.75, 3.05) is 33.9 Å². The average Bonchev–Trinajstić information content (AvgIpc) is 2.33. The second-order valence-corrected chi connectivity index (χ2v) is 6.05. The second-order valence-electron chi connectivity index (χ2n) is 6.05. The lowest BCUT2D eigenvalue weighted by Gasteiger charge is -2.24. The molecule has 0 aromatic rings. The number of carboxylic acid groups (broad SMARTS) is 1. The van der Waals surface area contributed by atoms with Gasteiger partial charge in [-0.05, 0) is 18.3 Å². The first kappa shape index (κ1) is 18.7. The molecule has 1 atom stereocenters. The molecule has 0 aromatic carbocycles. The minimum atomic E-state index is -0.897. The maximum atomic E-state index is 11.7. The fourth-order valence-electron chi connectivity index (χ4n) is 1.93. The van der Waals surface area contributed by atoms with Crippen LogP contribution in [0.2, 0.25) is 0 Å². The summed E-state index contributed by atoms with van der Waals surface area (Å²) in [4.78, 5) is 23.9. The summed E-state index contributed by atoms with van der Waals surface area (Å²) in [6.45, 7) is 7.31. The molecule has 2 N–H and O–H groups in total. The largest absolute Gasteiger partial charge is 0.481 e. The van der Waals surface area contributed by atoms with Crippen molar-refractivity contribution in [1.29, 1.82) is 0 Å². The summed E-state index contributed by atoms with van der Waals surface area (Å²) in [6.07, 6.45) is 1.82. The molecule has 0 radical (unpaired) electrons. The maximum absolute atomic E-state index is 11.7. The van der Waals surface area contributed by atoms with E-state index in [-0.39, 0.29) is 18.0 Å². The summed E-state index contributed by atoms with van der Waals surface area (Å²) in [5, 5.41) is 11.6. The predicted octanol–water partition coefficient (Wildman–Crippen LogP) is 1.80. The van der Waals surface area contributed by atoms with Crippen LogP contribution in [0.3, 0.4) is 0 Å². The van der Waals surface area contributed by atoms with Gasteiger partial charge in [0.2, 0.25) is 0 Å². The molecule has 2 amide bonds. The van der Waals surface area contributed by atoms with Crippen molar-refractivity contribution in [3.63, 3.8) is 0 Å². The monoisotopic (exact) mass is 288 g/mol. The summed E-state index contributed by atoms with van der Waals surface area (Å²) >= 11 is 0. The summed E-state index contributed by atoms with van der Waals surface area (Å²) in [5.41, 5.74) is 0.100. The van der Waals surface area contributed by atoms with E-state index < -0.39 is 11.9 Å². The number of hydrogen-bond acceptors (Lipinski definition) is 3. The van der Waals surface area contributed by atoms with Gasteiger partial charge >= 0.3 is 12.0 Å². The SMILES string of the molecule is COCC(C)(C)CCCNC(=O)N(C)CC(C)C(=O)O. The van der Waals surface area contributed by atoms with Crippen molar-refractivity contribution in [2.45, 2.75) is 33.6 Å². The Kier molecular flexibility index (Phi) is 8.22. The molecule has 118 valence electrons. The quantitative estimate of drug-likeness (QED) is 0.634. The molecule has 0 bridgehead atoms. The Balaban J connectivity index is 3.91. The van der Waals surface area contributed by atoms with Gasteiger partial charge in [-0.3, -0.25) is 4.79 Å². The molecule has 0 saturated heterocycles. The summed E-state index contributed by atoms with van der Waals surface area (Å²) in [5.74, 6) is -1.46. The van der Waals surface area contributed by atoms with Gasteiger partial charge in [-0.1, -0.05) is 20.8 Å². The second kappa shape index (κ2) is 8.79. The Hall–Kier alpha value is -1.30. The highest BCUT2D eigenvalue weighted by Gasteiger charge is 2.19. The van der Waals surface area contributed by atoms with Crippen LogP contribution in [-0.2, 0) is 9.53 Å². The number of carbonyl (C=O) groups is 2. The van der Waals surface area contributed by atoms with E-state index in [0.29, 0.717) is 13.2 Å². The molecule has 0 fully saturated rings. The molecule has 0 aromatic heterocycles. The fraction of sp³-hybridized carbons (Fsp3) is 0.857. The number of hydrogen-bond donors (Lipinski definition) is 2. The Morgan fingerprint density at radius 2 is 2.00 bits per heavy atom. The Labute approximate surface area is 121 Å². The fourth-order valence-corrected chi connectivity index (χ4v) is 1.93. The predicted molar refractivity (Wildman–Crippen MR) is 77.7 cm³/mol. The van der Waals surface area contributed by atoms with Gasteiger partial charge in [-0.15, -0.1) is 0 Å². The topological polar surface area (TPSA) is 78.9 Å². The van der Waals surface area contributed by atoms with E-state index in [1.54, 1.807) is 21.1 Å². The third kappa shape index (κ3) is 7.99. The maximum Gasteiger partial charge on any atom is 0.317 e. The van der Waals surface area contributed by atoms with Gasteiger partial charge in [0.15, 0.2) is 0 Å². The first-order chi connectivity index (χ1) is 9.19. The molecule has 6 heteroatoms. The zero-order valence-electron chi connectivity index (χ0n) is 13.2. The molecule has 6 nitrogen and oxygen atoms in total. The lowest BCUT2D eigenvalue weighted by Crippen LogP contribution is -2.41. The van der Waals surface area contributed by atoms with Crippen molar-refractivity contribution in [2.24, 2.45) is 11.3 Å².